The van der Waals surface area contributed by atoms with E-state index >= 15 is 0 Å². The minimum atomic E-state index is -0.0576. The fourth-order valence-corrected chi connectivity index (χ4v) is 2.13. The predicted octanol–water partition coefficient (Wildman–Crippen LogP) is 2.04. The molecule has 0 aromatic rings. The molecule has 1 aliphatic heterocycles. The van der Waals surface area contributed by atoms with Crippen molar-refractivity contribution in [3.63, 3.8) is 0 Å². The molecule has 0 aromatic heterocycles. The molecule has 4 heteroatoms. The minimum Gasteiger partial charge on any atom is -0.339 e. The van der Waals surface area contributed by atoms with E-state index in [2.05, 4.69) is 13.8 Å². The Morgan fingerprint density at radius 3 is 2.44 bits per heavy atom. The zero-order valence-corrected chi connectivity index (χ0v) is 11.6. The van der Waals surface area contributed by atoms with E-state index in [0.29, 0.717) is 12.0 Å². The van der Waals surface area contributed by atoms with Gasteiger partial charge in [0.2, 0.25) is 5.91 Å². The lowest BCUT2D eigenvalue weighted by atomic mass is 9.90. The van der Waals surface area contributed by atoms with Gasteiger partial charge in [-0.2, -0.15) is 0 Å². The van der Waals surface area contributed by atoms with Crippen molar-refractivity contribution in [1.29, 1.82) is 0 Å². The normalized spacial score (nSPS) is 29.2. The van der Waals surface area contributed by atoms with Gasteiger partial charge >= 0.3 is 0 Å². The number of nitrogens with zero attached hydrogens (tertiary/aromatic N) is 1. The first kappa shape index (κ1) is 15.7. The summed E-state index contributed by atoms with van der Waals surface area (Å²) in [5.41, 5.74) is 5.78. The first-order valence-corrected chi connectivity index (χ1v) is 6.01. The zero-order valence-electron chi connectivity index (χ0n) is 10.8. The summed E-state index contributed by atoms with van der Waals surface area (Å²) in [6, 6.07) is 0.314. The molecule has 0 aliphatic carbocycles. The van der Waals surface area contributed by atoms with E-state index in [4.69, 9.17) is 5.73 Å². The maximum atomic E-state index is 12.1. The van der Waals surface area contributed by atoms with Crippen LogP contribution in [0.25, 0.3) is 0 Å². The Hall–Kier alpha value is -0.280. The summed E-state index contributed by atoms with van der Waals surface area (Å²) in [6.07, 6.45) is 2.36. The van der Waals surface area contributed by atoms with Crippen LogP contribution in [0.15, 0.2) is 0 Å². The number of hydrogen-bond acceptors (Lipinski definition) is 2. The number of hydrogen-bond donors (Lipinski definition) is 1. The van der Waals surface area contributed by atoms with Gasteiger partial charge in [-0.3, -0.25) is 4.79 Å². The standard InChI is InChI=1S/C12H24N2O.ClH/c1-8-6-5-7-14(11(8)4)12(15)9(2)10(3)13;/h8-11H,5-7,13H2,1-4H3;1H. The average molecular weight is 249 g/mol. The highest BCUT2D eigenvalue weighted by molar-refractivity contribution is 5.85. The highest BCUT2D eigenvalue weighted by atomic mass is 35.5. The highest BCUT2D eigenvalue weighted by Gasteiger charge is 2.31. The molecule has 4 unspecified atom stereocenters. The third kappa shape index (κ3) is 3.36. The molecule has 1 saturated heterocycles. The van der Waals surface area contributed by atoms with Gasteiger partial charge in [0, 0.05) is 18.6 Å². The molecule has 96 valence electrons. The van der Waals surface area contributed by atoms with Gasteiger partial charge in [-0.1, -0.05) is 13.8 Å². The monoisotopic (exact) mass is 248 g/mol. The van der Waals surface area contributed by atoms with Crippen LogP contribution in [0.2, 0.25) is 0 Å². The third-order valence-corrected chi connectivity index (χ3v) is 3.83. The molecule has 0 aromatic carbocycles. The van der Waals surface area contributed by atoms with Gasteiger partial charge in [0.05, 0.1) is 5.92 Å². The lowest BCUT2D eigenvalue weighted by Crippen LogP contribution is -2.50. The van der Waals surface area contributed by atoms with E-state index in [9.17, 15) is 4.79 Å². The van der Waals surface area contributed by atoms with Crippen molar-refractivity contribution in [2.24, 2.45) is 17.6 Å². The fourth-order valence-electron chi connectivity index (χ4n) is 2.13. The van der Waals surface area contributed by atoms with Gasteiger partial charge in [-0.25, -0.2) is 0 Å². The number of piperidine rings is 1. The van der Waals surface area contributed by atoms with Crippen LogP contribution >= 0.6 is 12.4 Å². The van der Waals surface area contributed by atoms with Crippen LogP contribution in [0, 0.1) is 11.8 Å². The van der Waals surface area contributed by atoms with Gasteiger partial charge in [0.1, 0.15) is 0 Å². The van der Waals surface area contributed by atoms with Crippen molar-refractivity contribution in [2.45, 2.75) is 52.6 Å². The maximum absolute atomic E-state index is 12.1. The van der Waals surface area contributed by atoms with Crippen LogP contribution in [0.3, 0.4) is 0 Å². The number of nitrogens with two attached hydrogens (primary N) is 1. The molecule has 0 spiro atoms. The molecule has 3 nitrogen and oxygen atoms in total. The Bertz CT molecular complexity index is 233. The highest BCUT2D eigenvalue weighted by Crippen LogP contribution is 2.24. The molecule has 1 heterocycles. The van der Waals surface area contributed by atoms with Crippen molar-refractivity contribution in [2.75, 3.05) is 6.54 Å². The summed E-state index contributed by atoms with van der Waals surface area (Å²) in [7, 11) is 0. The van der Waals surface area contributed by atoms with E-state index in [1.54, 1.807) is 0 Å². The molecular formula is C12H25ClN2O. The smallest absolute Gasteiger partial charge is 0.227 e. The summed E-state index contributed by atoms with van der Waals surface area (Å²) in [5.74, 6) is 0.782. The third-order valence-electron chi connectivity index (χ3n) is 3.83. The van der Waals surface area contributed by atoms with Gasteiger partial charge in [-0.05, 0) is 32.6 Å². The molecule has 1 fully saturated rings. The predicted molar refractivity (Wildman–Crippen MR) is 69.6 cm³/mol. The number of carbonyl (C=O) groups excluding carboxylic acids is 1. The summed E-state index contributed by atoms with van der Waals surface area (Å²) >= 11 is 0. The first-order chi connectivity index (χ1) is 6.95. The summed E-state index contributed by atoms with van der Waals surface area (Å²) < 4.78 is 0. The molecule has 0 saturated carbocycles. The van der Waals surface area contributed by atoms with E-state index in [-0.39, 0.29) is 30.3 Å². The topological polar surface area (TPSA) is 46.3 Å². The number of halogens is 1. The second-order valence-electron chi connectivity index (χ2n) is 5.04. The molecule has 4 atom stereocenters. The Kier molecular flexibility index (Phi) is 6.34. The van der Waals surface area contributed by atoms with Crippen LogP contribution in [0.4, 0.5) is 0 Å². The SMILES string of the molecule is CC(N)C(C)C(=O)N1CCCC(C)C1C.Cl. The van der Waals surface area contributed by atoms with E-state index in [1.165, 1.54) is 6.42 Å². The van der Waals surface area contributed by atoms with Crippen molar-refractivity contribution in [3.8, 4) is 0 Å². The number of rotatable bonds is 2. The Labute approximate surface area is 105 Å². The van der Waals surface area contributed by atoms with E-state index < -0.39 is 0 Å². The Morgan fingerprint density at radius 1 is 1.38 bits per heavy atom. The van der Waals surface area contributed by atoms with Crippen LogP contribution in [0.1, 0.15) is 40.5 Å². The van der Waals surface area contributed by atoms with E-state index in [0.717, 1.165) is 13.0 Å². The Balaban J connectivity index is 0.00000225. The first-order valence-electron chi connectivity index (χ1n) is 6.01. The molecule has 0 radical (unpaired) electrons. The summed E-state index contributed by atoms with van der Waals surface area (Å²) in [5, 5.41) is 0. The van der Waals surface area contributed by atoms with Gasteiger partial charge in [0.15, 0.2) is 0 Å². The van der Waals surface area contributed by atoms with Crippen molar-refractivity contribution < 1.29 is 4.79 Å². The number of amides is 1. The summed E-state index contributed by atoms with van der Waals surface area (Å²) in [4.78, 5) is 14.2. The average Bonchev–Trinajstić information content (AvgIpc) is 2.20. The second-order valence-corrected chi connectivity index (χ2v) is 5.04. The molecule has 2 N–H and O–H groups in total. The van der Waals surface area contributed by atoms with Crippen LogP contribution < -0.4 is 5.73 Å². The summed E-state index contributed by atoms with van der Waals surface area (Å²) in [6.45, 7) is 9.11. The largest absolute Gasteiger partial charge is 0.339 e. The van der Waals surface area contributed by atoms with Crippen LogP contribution in [-0.2, 0) is 4.79 Å². The number of carbonyl (C=O) groups is 1. The molecule has 1 rings (SSSR count). The molecule has 16 heavy (non-hydrogen) atoms. The lowest BCUT2D eigenvalue weighted by Gasteiger charge is -2.39. The second kappa shape index (κ2) is 6.45. The van der Waals surface area contributed by atoms with Gasteiger partial charge in [-0.15, -0.1) is 12.4 Å². The zero-order chi connectivity index (χ0) is 11.6. The Morgan fingerprint density at radius 2 is 1.94 bits per heavy atom. The van der Waals surface area contributed by atoms with Crippen molar-refractivity contribution in [3.05, 3.63) is 0 Å². The van der Waals surface area contributed by atoms with E-state index in [1.807, 2.05) is 18.7 Å². The van der Waals surface area contributed by atoms with Crippen LogP contribution in [-0.4, -0.2) is 29.4 Å². The van der Waals surface area contributed by atoms with Crippen molar-refractivity contribution in [1.82, 2.24) is 4.90 Å². The molecule has 1 amide bonds. The van der Waals surface area contributed by atoms with Gasteiger partial charge < -0.3 is 10.6 Å². The van der Waals surface area contributed by atoms with Gasteiger partial charge in [0.25, 0.3) is 0 Å². The minimum absolute atomic E-state index is 0. The van der Waals surface area contributed by atoms with Crippen LogP contribution in [0.5, 0.6) is 0 Å². The molecule has 0 bridgehead atoms. The maximum Gasteiger partial charge on any atom is 0.227 e. The quantitative estimate of drug-likeness (QED) is 0.813. The number of likely N-dealkylation sites (tertiary alicyclic amines) is 1. The molecule has 1 aliphatic rings. The van der Waals surface area contributed by atoms with Crippen molar-refractivity contribution >= 4 is 18.3 Å². The fraction of sp³-hybridized carbons (Fsp3) is 0.917. The lowest BCUT2D eigenvalue weighted by molar-refractivity contribution is -0.140. The molecular weight excluding hydrogens is 224 g/mol.